The summed E-state index contributed by atoms with van der Waals surface area (Å²) in [6, 6.07) is 0. The van der Waals surface area contributed by atoms with Crippen LogP contribution >= 0.6 is 0 Å². The third-order valence-corrected chi connectivity index (χ3v) is 2.93. The van der Waals surface area contributed by atoms with E-state index in [0.29, 0.717) is 13.0 Å². The smallest absolute Gasteiger partial charge is 0.0999 e. The Morgan fingerprint density at radius 2 is 1.61 bits per heavy atom. The van der Waals surface area contributed by atoms with Crippen LogP contribution in [0.2, 0.25) is 0 Å². The fraction of sp³-hybridized carbons (Fsp3) is 0.750. The standard InChI is InChI=1S/C16H29FO/c1-2-13-16(17)14-11-9-7-5-3-4-6-8-10-12-15-18/h9,11,14,18H,2-8,10,12-13,15H2,1H3/b11-9+,16-14+. The van der Waals surface area contributed by atoms with Crippen LogP contribution in [0.15, 0.2) is 24.1 Å². The molecule has 0 aliphatic heterocycles. The van der Waals surface area contributed by atoms with Gasteiger partial charge < -0.3 is 5.11 Å². The van der Waals surface area contributed by atoms with Crippen molar-refractivity contribution >= 4 is 0 Å². The van der Waals surface area contributed by atoms with Gasteiger partial charge in [0, 0.05) is 6.61 Å². The molecule has 18 heavy (non-hydrogen) atoms. The molecule has 0 aromatic heterocycles. The van der Waals surface area contributed by atoms with Crippen LogP contribution < -0.4 is 0 Å². The fourth-order valence-electron chi connectivity index (χ4n) is 1.85. The van der Waals surface area contributed by atoms with Gasteiger partial charge in [0.1, 0.15) is 0 Å². The molecule has 0 fully saturated rings. The summed E-state index contributed by atoms with van der Waals surface area (Å²) >= 11 is 0. The number of rotatable bonds is 12. The van der Waals surface area contributed by atoms with Crippen LogP contribution in [0.25, 0.3) is 0 Å². The molecule has 1 nitrogen and oxygen atoms in total. The van der Waals surface area contributed by atoms with Crippen molar-refractivity contribution < 1.29 is 9.50 Å². The van der Waals surface area contributed by atoms with Crippen LogP contribution in [0.3, 0.4) is 0 Å². The highest BCUT2D eigenvalue weighted by Gasteiger charge is 1.91. The molecule has 0 bridgehead atoms. The van der Waals surface area contributed by atoms with Crippen molar-refractivity contribution in [1.82, 2.24) is 0 Å². The summed E-state index contributed by atoms with van der Waals surface area (Å²) in [7, 11) is 0. The number of unbranched alkanes of at least 4 members (excludes halogenated alkanes) is 7. The van der Waals surface area contributed by atoms with Crippen molar-refractivity contribution in [3.05, 3.63) is 24.1 Å². The largest absolute Gasteiger partial charge is 0.396 e. The fourth-order valence-corrected chi connectivity index (χ4v) is 1.85. The van der Waals surface area contributed by atoms with E-state index in [4.69, 9.17) is 5.11 Å². The third-order valence-electron chi connectivity index (χ3n) is 2.93. The minimum atomic E-state index is -0.0161. The molecule has 0 saturated heterocycles. The van der Waals surface area contributed by atoms with Crippen LogP contribution in [0.5, 0.6) is 0 Å². The first-order valence-electron chi connectivity index (χ1n) is 7.43. The zero-order valence-corrected chi connectivity index (χ0v) is 11.8. The van der Waals surface area contributed by atoms with Crippen LogP contribution in [-0.2, 0) is 0 Å². The van der Waals surface area contributed by atoms with E-state index >= 15 is 0 Å². The van der Waals surface area contributed by atoms with E-state index in [1.807, 2.05) is 13.0 Å². The third kappa shape index (κ3) is 13.4. The lowest BCUT2D eigenvalue weighted by atomic mass is 10.1. The van der Waals surface area contributed by atoms with Crippen LogP contribution in [-0.4, -0.2) is 11.7 Å². The summed E-state index contributed by atoms with van der Waals surface area (Å²) in [5, 5.41) is 8.62. The number of aliphatic hydroxyl groups is 1. The van der Waals surface area contributed by atoms with E-state index in [1.165, 1.54) is 32.1 Å². The van der Waals surface area contributed by atoms with Gasteiger partial charge in [-0.1, -0.05) is 51.2 Å². The zero-order valence-electron chi connectivity index (χ0n) is 11.8. The molecule has 0 saturated carbocycles. The van der Waals surface area contributed by atoms with E-state index < -0.39 is 0 Å². The lowest BCUT2D eigenvalue weighted by Crippen LogP contribution is -1.83. The van der Waals surface area contributed by atoms with Crippen molar-refractivity contribution in [1.29, 1.82) is 0 Å². The molecule has 0 amide bonds. The number of halogens is 1. The summed E-state index contributed by atoms with van der Waals surface area (Å²) in [5.74, 6) is -0.0161. The van der Waals surface area contributed by atoms with E-state index in [2.05, 4.69) is 6.08 Å². The summed E-state index contributed by atoms with van der Waals surface area (Å²) in [6.45, 7) is 2.31. The highest BCUT2D eigenvalue weighted by atomic mass is 19.1. The van der Waals surface area contributed by atoms with Crippen molar-refractivity contribution in [2.45, 2.75) is 71.1 Å². The molecular formula is C16H29FO. The lowest BCUT2D eigenvalue weighted by molar-refractivity contribution is 0.282. The average Bonchev–Trinajstić information content (AvgIpc) is 2.36. The molecule has 0 aromatic rings. The second-order valence-electron chi connectivity index (χ2n) is 4.78. The molecule has 0 aliphatic rings. The quantitative estimate of drug-likeness (QED) is 0.370. The van der Waals surface area contributed by atoms with Crippen molar-refractivity contribution in [3.63, 3.8) is 0 Å². The Morgan fingerprint density at radius 1 is 1.00 bits per heavy atom. The van der Waals surface area contributed by atoms with Gasteiger partial charge in [-0.3, -0.25) is 0 Å². The van der Waals surface area contributed by atoms with Gasteiger partial charge in [0.05, 0.1) is 5.83 Å². The molecule has 0 rings (SSSR count). The maximum atomic E-state index is 13.0. The number of aliphatic hydroxyl groups excluding tert-OH is 1. The number of hydrogen-bond acceptors (Lipinski definition) is 1. The Labute approximate surface area is 112 Å². The molecule has 0 atom stereocenters. The molecule has 2 heteroatoms. The Hall–Kier alpha value is -0.630. The zero-order chi connectivity index (χ0) is 13.5. The van der Waals surface area contributed by atoms with Gasteiger partial charge in [0.15, 0.2) is 0 Å². The second-order valence-corrected chi connectivity index (χ2v) is 4.78. The number of allylic oxidation sites excluding steroid dienone is 4. The predicted molar refractivity (Wildman–Crippen MR) is 77.3 cm³/mol. The average molecular weight is 256 g/mol. The SMILES string of the molecule is CCC/C(F)=C\C=C\CCCCCCCCCO. The van der Waals surface area contributed by atoms with Gasteiger partial charge in [-0.15, -0.1) is 0 Å². The Bertz CT molecular complexity index is 221. The van der Waals surface area contributed by atoms with E-state index in [9.17, 15) is 4.39 Å². The Balaban J connectivity index is 3.24. The predicted octanol–water partition coefficient (Wildman–Crippen LogP) is 5.31. The first kappa shape index (κ1) is 17.4. The molecule has 0 spiro atoms. The van der Waals surface area contributed by atoms with E-state index in [0.717, 1.165) is 25.7 Å². The molecule has 0 aromatic carbocycles. The van der Waals surface area contributed by atoms with Gasteiger partial charge in [-0.25, -0.2) is 4.39 Å². The minimum Gasteiger partial charge on any atom is -0.396 e. The monoisotopic (exact) mass is 256 g/mol. The Morgan fingerprint density at radius 3 is 2.22 bits per heavy atom. The van der Waals surface area contributed by atoms with Gasteiger partial charge in [-0.2, -0.15) is 0 Å². The van der Waals surface area contributed by atoms with Gasteiger partial charge in [0.2, 0.25) is 0 Å². The van der Waals surface area contributed by atoms with Gasteiger partial charge >= 0.3 is 0 Å². The maximum Gasteiger partial charge on any atom is 0.0999 e. The number of hydrogen-bond donors (Lipinski definition) is 1. The summed E-state index contributed by atoms with van der Waals surface area (Å²) in [4.78, 5) is 0. The van der Waals surface area contributed by atoms with Crippen molar-refractivity contribution in [2.75, 3.05) is 6.61 Å². The van der Waals surface area contributed by atoms with Crippen molar-refractivity contribution in [3.8, 4) is 0 Å². The van der Waals surface area contributed by atoms with E-state index in [-0.39, 0.29) is 5.83 Å². The van der Waals surface area contributed by atoms with Crippen LogP contribution in [0.1, 0.15) is 71.1 Å². The summed E-state index contributed by atoms with van der Waals surface area (Å²) < 4.78 is 13.0. The molecule has 0 radical (unpaired) electrons. The minimum absolute atomic E-state index is 0.0161. The topological polar surface area (TPSA) is 20.2 Å². The summed E-state index contributed by atoms with van der Waals surface area (Å²) in [6.07, 6.45) is 16.3. The molecule has 0 unspecified atom stereocenters. The van der Waals surface area contributed by atoms with Crippen LogP contribution in [0, 0.1) is 0 Å². The molecule has 1 N–H and O–H groups in total. The van der Waals surface area contributed by atoms with Crippen molar-refractivity contribution in [2.24, 2.45) is 0 Å². The molecule has 106 valence electrons. The maximum absolute atomic E-state index is 13.0. The normalized spacial score (nSPS) is 12.5. The van der Waals surface area contributed by atoms with E-state index in [1.54, 1.807) is 6.08 Å². The summed E-state index contributed by atoms with van der Waals surface area (Å²) in [5.41, 5.74) is 0. The first-order valence-corrected chi connectivity index (χ1v) is 7.43. The van der Waals surface area contributed by atoms with Crippen LogP contribution in [0.4, 0.5) is 4.39 Å². The molecule has 0 heterocycles. The Kier molecular flexibility index (Phi) is 13.9. The molecule has 0 aliphatic carbocycles. The first-order chi connectivity index (χ1) is 8.81. The van der Waals surface area contributed by atoms with Gasteiger partial charge in [0.25, 0.3) is 0 Å². The highest BCUT2D eigenvalue weighted by molar-refractivity contribution is 5.06. The van der Waals surface area contributed by atoms with Gasteiger partial charge in [-0.05, 0) is 38.2 Å². The second kappa shape index (κ2) is 14.4. The highest BCUT2D eigenvalue weighted by Crippen LogP contribution is 2.09. The lowest BCUT2D eigenvalue weighted by Gasteiger charge is -1.99. The molecular weight excluding hydrogens is 227 g/mol.